The molecule has 2 aromatic carbocycles. The van der Waals surface area contributed by atoms with Gasteiger partial charge in [0.05, 0.1) is 33.6 Å². The summed E-state index contributed by atoms with van der Waals surface area (Å²) in [5.41, 5.74) is -0.101. The fourth-order valence-corrected chi connectivity index (χ4v) is 5.80. The van der Waals surface area contributed by atoms with E-state index in [2.05, 4.69) is 4.72 Å². The molecule has 0 aliphatic carbocycles. The number of nitrogens with zero attached hydrogens (tertiary/aromatic N) is 2. The summed E-state index contributed by atoms with van der Waals surface area (Å²) >= 11 is 5.73. The van der Waals surface area contributed by atoms with Crippen LogP contribution in [-0.2, 0) is 24.8 Å². The number of nitro benzene ring substituents is 1. The minimum atomic E-state index is -4.23. The zero-order valence-electron chi connectivity index (χ0n) is 15.7. The van der Waals surface area contributed by atoms with Gasteiger partial charge in [-0.05, 0) is 36.8 Å². The van der Waals surface area contributed by atoms with Crippen LogP contribution in [-0.4, -0.2) is 52.4 Å². The fraction of sp³-hybridized carbons (Fsp3) is 0.294. The molecular formula is C17H18ClN3O7S2. The minimum absolute atomic E-state index is 0.00466. The second-order valence-corrected chi connectivity index (χ2v) is 10.5. The summed E-state index contributed by atoms with van der Waals surface area (Å²) in [5.74, 6) is 0. The van der Waals surface area contributed by atoms with E-state index in [0.29, 0.717) is 5.56 Å². The first kappa shape index (κ1) is 22.4. The van der Waals surface area contributed by atoms with E-state index in [-0.39, 0.29) is 46.8 Å². The standard InChI is InChI=1S/C17H18ClN3O7S2/c1-12-2-3-13(10-17(12)30(26,27)20-6-8-28-9-7-20)19-29(24,25)14-4-5-15(18)16(11-14)21(22)23/h2-5,10-11,19H,6-9H2,1H3. The SMILES string of the molecule is Cc1ccc(NS(=O)(=O)c2ccc(Cl)c([N+](=O)[O-])c2)cc1S(=O)(=O)N1CCOCC1. The number of sulfonamides is 2. The van der Waals surface area contributed by atoms with Crippen LogP contribution in [0.25, 0.3) is 0 Å². The van der Waals surface area contributed by atoms with Crippen molar-refractivity contribution in [3.8, 4) is 0 Å². The number of hydrogen-bond donors (Lipinski definition) is 1. The van der Waals surface area contributed by atoms with Crippen molar-refractivity contribution < 1.29 is 26.5 Å². The lowest BCUT2D eigenvalue weighted by atomic mass is 10.2. The van der Waals surface area contributed by atoms with E-state index in [1.54, 1.807) is 6.92 Å². The second kappa shape index (κ2) is 8.47. The van der Waals surface area contributed by atoms with E-state index in [4.69, 9.17) is 16.3 Å². The van der Waals surface area contributed by atoms with E-state index >= 15 is 0 Å². The number of nitrogens with one attached hydrogen (secondary N) is 1. The maximum absolute atomic E-state index is 13.0. The van der Waals surface area contributed by atoms with Gasteiger partial charge in [-0.15, -0.1) is 0 Å². The highest BCUT2D eigenvalue weighted by Crippen LogP contribution is 2.29. The number of hydrogen-bond acceptors (Lipinski definition) is 7. The lowest BCUT2D eigenvalue weighted by molar-refractivity contribution is -0.384. The summed E-state index contributed by atoms with van der Waals surface area (Å²) in [5, 5.41) is 10.8. The van der Waals surface area contributed by atoms with Crippen molar-refractivity contribution in [2.24, 2.45) is 0 Å². The van der Waals surface area contributed by atoms with Crippen molar-refractivity contribution >= 4 is 43.0 Å². The third kappa shape index (κ3) is 4.57. The molecular weight excluding hydrogens is 458 g/mol. The first-order valence-corrected chi connectivity index (χ1v) is 12.0. The Hall–Kier alpha value is -2.25. The molecule has 1 saturated heterocycles. The van der Waals surface area contributed by atoms with Gasteiger partial charge in [0.2, 0.25) is 10.0 Å². The normalized spacial score (nSPS) is 15.7. The van der Waals surface area contributed by atoms with Gasteiger partial charge in [-0.1, -0.05) is 17.7 Å². The van der Waals surface area contributed by atoms with Crippen LogP contribution in [0.1, 0.15) is 5.56 Å². The first-order valence-electron chi connectivity index (χ1n) is 8.68. The number of nitro groups is 1. The molecule has 0 unspecified atom stereocenters. The maximum atomic E-state index is 13.0. The van der Waals surface area contributed by atoms with Gasteiger partial charge in [0.1, 0.15) is 5.02 Å². The average Bonchev–Trinajstić information content (AvgIpc) is 2.69. The minimum Gasteiger partial charge on any atom is -0.379 e. The highest BCUT2D eigenvalue weighted by Gasteiger charge is 2.28. The van der Waals surface area contributed by atoms with Crippen molar-refractivity contribution in [3.05, 3.63) is 57.1 Å². The Bertz CT molecular complexity index is 1190. The molecule has 1 heterocycles. The molecule has 1 aliphatic rings. The molecule has 1 aliphatic heterocycles. The number of halogens is 1. The number of rotatable bonds is 6. The molecule has 10 nitrogen and oxygen atoms in total. The summed E-state index contributed by atoms with van der Waals surface area (Å²) in [6.45, 7) is 2.56. The van der Waals surface area contributed by atoms with E-state index in [9.17, 15) is 26.9 Å². The van der Waals surface area contributed by atoms with Gasteiger partial charge in [0, 0.05) is 19.2 Å². The average molecular weight is 476 g/mol. The lowest BCUT2D eigenvalue weighted by Gasteiger charge is -2.26. The van der Waals surface area contributed by atoms with Crippen LogP contribution < -0.4 is 4.72 Å². The summed E-state index contributed by atoms with van der Waals surface area (Å²) in [6, 6.07) is 7.19. The molecule has 0 bridgehead atoms. The van der Waals surface area contributed by atoms with E-state index in [1.165, 1.54) is 22.5 Å². The van der Waals surface area contributed by atoms with Crippen LogP contribution >= 0.6 is 11.6 Å². The number of benzene rings is 2. The first-order chi connectivity index (χ1) is 14.0. The van der Waals surface area contributed by atoms with E-state index in [0.717, 1.165) is 18.2 Å². The molecule has 3 rings (SSSR count). The molecule has 13 heteroatoms. The Morgan fingerprint density at radius 3 is 2.40 bits per heavy atom. The topological polar surface area (TPSA) is 136 Å². The maximum Gasteiger partial charge on any atom is 0.289 e. The Balaban J connectivity index is 1.95. The van der Waals surface area contributed by atoms with Crippen LogP contribution in [0.2, 0.25) is 5.02 Å². The van der Waals surface area contributed by atoms with Crippen molar-refractivity contribution in [1.29, 1.82) is 0 Å². The molecule has 162 valence electrons. The number of aryl methyl sites for hydroxylation is 1. The number of ether oxygens (including phenoxy) is 1. The van der Waals surface area contributed by atoms with Crippen LogP contribution in [0.4, 0.5) is 11.4 Å². The molecule has 0 atom stereocenters. The third-order valence-corrected chi connectivity index (χ3v) is 8.19. The Labute approximate surface area is 178 Å². The van der Waals surface area contributed by atoms with Gasteiger partial charge < -0.3 is 4.74 Å². The lowest BCUT2D eigenvalue weighted by Crippen LogP contribution is -2.40. The van der Waals surface area contributed by atoms with Crippen molar-refractivity contribution in [3.63, 3.8) is 0 Å². The summed E-state index contributed by atoms with van der Waals surface area (Å²) in [4.78, 5) is 9.82. The predicted molar refractivity (Wildman–Crippen MR) is 110 cm³/mol. The molecule has 0 spiro atoms. The highest BCUT2D eigenvalue weighted by atomic mass is 35.5. The summed E-state index contributed by atoms with van der Waals surface area (Å²) in [7, 11) is -8.07. The van der Waals surface area contributed by atoms with Crippen molar-refractivity contribution in [2.45, 2.75) is 16.7 Å². The Morgan fingerprint density at radius 2 is 1.77 bits per heavy atom. The molecule has 0 aromatic heterocycles. The molecule has 0 radical (unpaired) electrons. The van der Waals surface area contributed by atoms with Crippen LogP contribution in [0.15, 0.2) is 46.2 Å². The Morgan fingerprint density at radius 1 is 1.10 bits per heavy atom. The predicted octanol–water partition coefficient (Wildman–Crippen LogP) is 2.38. The highest BCUT2D eigenvalue weighted by molar-refractivity contribution is 7.92. The third-order valence-electron chi connectivity index (χ3n) is 4.45. The molecule has 2 aromatic rings. The summed E-state index contributed by atoms with van der Waals surface area (Å²) in [6.07, 6.45) is 0. The van der Waals surface area contributed by atoms with Crippen LogP contribution in [0, 0.1) is 17.0 Å². The zero-order chi connectivity index (χ0) is 22.1. The van der Waals surface area contributed by atoms with Gasteiger partial charge in [-0.3, -0.25) is 14.8 Å². The molecule has 1 fully saturated rings. The van der Waals surface area contributed by atoms with Gasteiger partial charge in [-0.2, -0.15) is 4.31 Å². The van der Waals surface area contributed by atoms with Gasteiger partial charge in [0.25, 0.3) is 15.7 Å². The molecule has 30 heavy (non-hydrogen) atoms. The van der Waals surface area contributed by atoms with Gasteiger partial charge >= 0.3 is 0 Å². The monoisotopic (exact) mass is 475 g/mol. The number of anilines is 1. The van der Waals surface area contributed by atoms with Gasteiger partial charge in [-0.25, -0.2) is 16.8 Å². The number of morpholine rings is 1. The van der Waals surface area contributed by atoms with Crippen molar-refractivity contribution in [1.82, 2.24) is 4.31 Å². The summed E-state index contributed by atoms with van der Waals surface area (Å²) < 4.78 is 60.0. The fourth-order valence-electron chi connectivity index (χ4n) is 2.88. The molecule has 0 amide bonds. The largest absolute Gasteiger partial charge is 0.379 e. The van der Waals surface area contributed by atoms with E-state index < -0.39 is 30.7 Å². The van der Waals surface area contributed by atoms with E-state index in [1.807, 2.05) is 0 Å². The quantitative estimate of drug-likeness (QED) is 0.500. The zero-order valence-corrected chi connectivity index (χ0v) is 18.1. The van der Waals surface area contributed by atoms with Gasteiger partial charge in [0.15, 0.2) is 0 Å². The molecule has 1 N–H and O–H groups in total. The van der Waals surface area contributed by atoms with Crippen molar-refractivity contribution in [2.75, 3.05) is 31.0 Å². The second-order valence-electron chi connectivity index (χ2n) is 6.47. The molecule has 0 saturated carbocycles. The Kier molecular flexibility index (Phi) is 6.34. The van der Waals surface area contributed by atoms with Crippen LogP contribution in [0.5, 0.6) is 0 Å². The van der Waals surface area contributed by atoms with Crippen LogP contribution in [0.3, 0.4) is 0 Å². The smallest absolute Gasteiger partial charge is 0.289 e.